The Balaban J connectivity index is 1.72. The Morgan fingerprint density at radius 1 is 1.24 bits per heavy atom. The molecule has 1 heterocycles. The average Bonchev–Trinajstić information content (AvgIpc) is 3.35. The number of aryl methyl sites for hydroxylation is 1. The number of benzene rings is 1. The van der Waals surface area contributed by atoms with E-state index in [4.69, 9.17) is 16.6 Å². The minimum Gasteiger partial charge on any atom is -0.328 e. The van der Waals surface area contributed by atoms with Crippen LogP contribution in [0.2, 0.25) is 0 Å². The van der Waals surface area contributed by atoms with Crippen LogP contribution in [0.15, 0.2) is 22.7 Å². The molecule has 21 heavy (non-hydrogen) atoms. The van der Waals surface area contributed by atoms with Gasteiger partial charge in [0, 0.05) is 23.3 Å². The van der Waals surface area contributed by atoms with Gasteiger partial charge in [-0.3, -0.25) is 0 Å². The number of hydrogen-bond donors (Lipinski definition) is 0. The van der Waals surface area contributed by atoms with Crippen molar-refractivity contribution in [2.45, 2.75) is 38.6 Å². The molecule has 0 unspecified atom stereocenters. The van der Waals surface area contributed by atoms with Crippen LogP contribution in [-0.4, -0.2) is 15.4 Å². The fourth-order valence-corrected chi connectivity index (χ4v) is 4.09. The maximum Gasteiger partial charge on any atom is 0.111 e. The maximum absolute atomic E-state index is 5.99. The SMILES string of the molecule is ClCCc1nc2cc(Br)ccc2n1CC(C1CC1)C1CC1. The number of alkyl halides is 1. The molecule has 4 heteroatoms. The van der Waals surface area contributed by atoms with Gasteiger partial charge in [0.05, 0.1) is 11.0 Å². The van der Waals surface area contributed by atoms with Crippen molar-refractivity contribution in [3.8, 4) is 0 Å². The van der Waals surface area contributed by atoms with E-state index >= 15 is 0 Å². The molecular formula is C17H20BrClN2. The molecular weight excluding hydrogens is 348 g/mol. The van der Waals surface area contributed by atoms with Gasteiger partial charge in [0.25, 0.3) is 0 Å². The quantitative estimate of drug-likeness (QED) is 0.656. The van der Waals surface area contributed by atoms with Gasteiger partial charge in [0.1, 0.15) is 5.82 Å². The second-order valence-electron chi connectivity index (χ2n) is 6.55. The lowest BCUT2D eigenvalue weighted by Crippen LogP contribution is -2.17. The van der Waals surface area contributed by atoms with Crippen LogP contribution in [0.25, 0.3) is 11.0 Å². The van der Waals surface area contributed by atoms with Gasteiger partial charge in [-0.2, -0.15) is 0 Å². The van der Waals surface area contributed by atoms with E-state index in [2.05, 4.69) is 38.7 Å². The maximum atomic E-state index is 5.99. The summed E-state index contributed by atoms with van der Waals surface area (Å²) in [7, 11) is 0. The summed E-state index contributed by atoms with van der Waals surface area (Å²) in [4.78, 5) is 4.82. The molecule has 1 aromatic heterocycles. The second kappa shape index (κ2) is 5.58. The molecule has 0 bridgehead atoms. The van der Waals surface area contributed by atoms with Gasteiger partial charge >= 0.3 is 0 Å². The van der Waals surface area contributed by atoms with E-state index in [0.717, 1.165) is 46.5 Å². The number of imidazole rings is 1. The van der Waals surface area contributed by atoms with E-state index in [1.165, 1.54) is 31.2 Å². The van der Waals surface area contributed by atoms with Gasteiger partial charge in [0.2, 0.25) is 0 Å². The standard InChI is InChI=1S/C17H20BrClN2/c18-13-5-6-16-15(9-13)20-17(7-8-19)21(16)10-14(11-1-2-11)12-3-4-12/h5-6,9,11-12,14H,1-4,7-8,10H2. The van der Waals surface area contributed by atoms with E-state index in [9.17, 15) is 0 Å². The summed E-state index contributed by atoms with van der Waals surface area (Å²) in [5.74, 6) is 4.59. The Labute approximate surface area is 139 Å². The van der Waals surface area contributed by atoms with Crippen LogP contribution < -0.4 is 0 Å². The van der Waals surface area contributed by atoms with E-state index < -0.39 is 0 Å². The predicted octanol–water partition coefficient (Wildman–Crippen LogP) is 5.02. The van der Waals surface area contributed by atoms with Crippen molar-refractivity contribution in [2.75, 3.05) is 5.88 Å². The van der Waals surface area contributed by atoms with Crippen LogP contribution in [0.4, 0.5) is 0 Å². The first-order chi connectivity index (χ1) is 10.3. The molecule has 2 nitrogen and oxygen atoms in total. The molecule has 0 atom stereocenters. The summed E-state index contributed by atoms with van der Waals surface area (Å²) in [5, 5.41) is 0. The lowest BCUT2D eigenvalue weighted by Gasteiger charge is -2.18. The molecule has 2 aromatic rings. The second-order valence-corrected chi connectivity index (χ2v) is 7.84. The van der Waals surface area contributed by atoms with Crippen molar-refractivity contribution in [1.82, 2.24) is 9.55 Å². The highest BCUT2D eigenvalue weighted by atomic mass is 79.9. The lowest BCUT2D eigenvalue weighted by molar-refractivity contribution is 0.349. The van der Waals surface area contributed by atoms with Gasteiger partial charge in [-0.1, -0.05) is 15.9 Å². The average molecular weight is 368 g/mol. The van der Waals surface area contributed by atoms with Crippen LogP contribution in [0.3, 0.4) is 0 Å². The Hall–Kier alpha value is -0.540. The van der Waals surface area contributed by atoms with Crippen molar-refractivity contribution in [3.05, 3.63) is 28.5 Å². The predicted molar refractivity (Wildman–Crippen MR) is 90.8 cm³/mol. The van der Waals surface area contributed by atoms with Gasteiger partial charge in [0.15, 0.2) is 0 Å². The summed E-state index contributed by atoms with van der Waals surface area (Å²) in [6.07, 6.45) is 6.60. The van der Waals surface area contributed by atoms with E-state index in [1.807, 2.05) is 0 Å². The van der Waals surface area contributed by atoms with Crippen molar-refractivity contribution < 1.29 is 0 Å². The van der Waals surface area contributed by atoms with Crippen LogP contribution >= 0.6 is 27.5 Å². The van der Waals surface area contributed by atoms with Gasteiger partial charge in [-0.25, -0.2) is 4.98 Å². The monoisotopic (exact) mass is 366 g/mol. The van der Waals surface area contributed by atoms with E-state index in [1.54, 1.807) is 0 Å². The zero-order valence-electron chi connectivity index (χ0n) is 12.1. The highest BCUT2D eigenvalue weighted by Gasteiger charge is 2.41. The smallest absolute Gasteiger partial charge is 0.111 e. The first-order valence-corrected chi connectivity index (χ1v) is 9.29. The van der Waals surface area contributed by atoms with Gasteiger partial charge in [-0.05, 0) is 61.6 Å². The molecule has 0 radical (unpaired) electrons. The Morgan fingerprint density at radius 3 is 2.57 bits per heavy atom. The summed E-state index contributed by atoms with van der Waals surface area (Å²) in [6.45, 7) is 1.14. The molecule has 1 aromatic carbocycles. The molecule has 4 rings (SSSR count). The number of halogens is 2. The van der Waals surface area contributed by atoms with Crippen molar-refractivity contribution in [3.63, 3.8) is 0 Å². The van der Waals surface area contributed by atoms with Crippen molar-refractivity contribution >= 4 is 38.6 Å². The fraction of sp³-hybridized carbons (Fsp3) is 0.588. The third-order valence-electron chi connectivity index (χ3n) is 4.96. The van der Waals surface area contributed by atoms with Crippen LogP contribution in [0, 0.1) is 17.8 Å². The van der Waals surface area contributed by atoms with Crippen molar-refractivity contribution in [2.24, 2.45) is 17.8 Å². The zero-order chi connectivity index (χ0) is 14.4. The summed E-state index contributed by atoms with van der Waals surface area (Å²) in [5.41, 5.74) is 2.36. The normalized spacial score (nSPS) is 18.8. The molecule has 2 aliphatic rings. The molecule has 2 aliphatic carbocycles. The van der Waals surface area contributed by atoms with Gasteiger partial charge in [-0.15, -0.1) is 11.6 Å². The molecule has 0 saturated heterocycles. The fourth-order valence-electron chi connectivity index (χ4n) is 3.57. The van der Waals surface area contributed by atoms with Crippen molar-refractivity contribution in [1.29, 1.82) is 0 Å². The number of rotatable bonds is 6. The van der Waals surface area contributed by atoms with Crippen LogP contribution in [-0.2, 0) is 13.0 Å². The summed E-state index contributed by atoms with van der Waals surface area (Å²) < 4.78 is 3.55. The van der Waals surface area contributed by atoms with Gasteiger partial charge < -0.3 is 4.57 Å². The Morgan fingerprint density at radius 2 is 1.95 bits per heavy atom. The number of fused-ring (bicyclic) bond motifs is 1. The Kier molecular flexibility index (Phi) is 3.74. The summed E-state index contributed by atoms with van der Waals surface area (Å²) in [6, 6.07) is 6.43. The Bertz CT molecular complexity index is 646. The molecule has 2 fully saturated rings. The first-order valence-electron chi connectivity index (χ1n) is 7.97. The lowest BCUT2D eigenvalue weighted by atomic mass is 9.97. The summed E-state index contributed by atoms with van der Waals surface area (Å²) >= 11 is 9.54. The van der Waals surface area contributed by atoms with E-state index in [-0.39, 0.29) is 0 Å². The molecule has 0 N–H and O–H groups in total. The first kappa shape index (κ1) is 14.1. The zero-order valence-corrected chi connectivity index (χ0v) is 14.4. The number of hydrogen-bond acceptors (Lipinski definition) is 1. The van der Waals surface area contributed by atoms with Crippen LogP contribution in [0.1, 0.15) is 31.5 Å². The molecule has 2 saturated carbocycles. The molecule has 0 amide bonds. The highest BCUT2D eigenvalue weighted by Crippen LogP contribution is 2.50. The molecule has 0 aliphatic heterocycles. The minimum atomic E-state index is 0.641. The molecule has 0 spiro atoms. The number of nitrogens with zero attached hydrogens (tertiary/aromatic N) is 2. The third-order valence-corrected chi connectivity index (χ3v) is 5.64. The minimum absolute atomic E-state index is 0.641. The topological polar surface area (TPSA) is 17.8 Å². The van der Waals surface area contributed by atoms with Crippen LogP contribution in [0.5, 0.6) is 0 Å². The highest BCUT2D eigenvalue weighted by molar-refractivity contribution is 9.10. The third kappa shape index (κ3) is 2.87. The number of aromatic nitrogens is 2. The molecule has 112 valence electrons. The van der Waals surface area contributed by atoms with E-state index in [0.29, 0.717) is 5.88 Å². The largest absolute Gasteiger partial charge is 0.328 e.